The molecule has 98 valence electrons. The second-order valence-electron chi connectivity index (χ2n) is 4.33. The smallest absolute Gasteiger partial charge is 0.0860 e. The van der Waals surface area contributed by atoms with Crippen molar-refractivity contribution in [3.8, 4) is 0 Å². The van der Waals surface area contributed by atoms with Gasteiger partial charge in [0.1, 0.15) is 0 Å². The molecule has 0 radical (unpaired) electrons. The summed E-state index contributed by atoms with van der Waals surface area (Å²) in [5.74, 6) is 0. The zero-order valence-electron chi connectivity index (χ0n) is 10.9. The summed E-state index contributed by atoms with van der Waals surface area (Å²) in [5, 5.41) is 10.8. The minimum absolute atomic E-state index is 0.385. The summed E-state index contributed by atoms with van der Waals surface area (Å²) in [6.45, 7) is 4.86. The van der Waals surface area contributed by atoms with Crippen LogP contribution in [0.5, 0.6) is 0 Å². The van der Waals surface area contributed by atoms with Crippen LogP contribution in [-0.4, -0.2) is 9.78 Å². The third-order valence-corrected chi connectivity index (χ3v) is 4.55. The molecular formula is C13H18ClN3S. The highest BCUT2D eigenvalue weighted by Crippen LogP contribution is 2.24. The minimum Gasteiger partial charge on any atom is -0.304 e. The van der Waals surface area contributed by atoms with Gasteiger partial charge in [-0.25, -0.2) is 0 Å². The Hall–Kier alpha value is -0.840. The fourth-order valence-corrected chi connectivity index (χ4v) is 3.14. The fraction of sp³-hybridized carbons (Fsp3) is 0.462. The number of nitrogens with zero attached hydrogens (tertiary/aromatic N) is 2. The van der Waals surface area contributed by atoms with E-state index in [0.29, 0.717) is 6.04 Å². The maximum absolute atomic E-state index is 6.24. The monoisotopic (exact) mass is 283 g/mol. The van der Waals surface area contributed by atoms with Gasteiger partial charge in [0.25, 0.3) is 0 Å². The van der Waals surface area contributed by atoms with Crippen LogP contribution >= 0.6 is 22.9 Å². The molecule has 2 heterocycles. The minimum atomic E-state index is 0.385. The largest absolute Gasteiger partial charge is 0.304 e. The number of thiophene rings is 1. The summed E-state index contributed by atoms with van der Waals surface area (Å²) < 4.78 is 1.85. The lowest BCUT2D eigenvalue weighted by Crippen LogP contribution is -2.21. The van der Waals surface area contributed by atoms with E-state index in [2.05, 4.69) is 34.9 Å². The lowest BCUT2D eigenvalue weighted by Gasteiger charge is -2.15. The van der Waals surface area contributed by atoms with E-state index in [1.807, 2.05) is 18.7 Å². The first-order valence-electron chi connectivity index (χ1n) is 6.08. The molecule has 3 nitrogen and oxygen atoms in total. The van der Waals surface area contributed by atoms with Crippen molar-refractivity contribution < 1.29 is 0 Å². The Morgan fingerprint density at radius 2 is 2.33 bits per heavy atom. The maximum atomic E-state index is 6.24. The molecule has 0 saturated heterocycles. The summed E-state index contributed by atoms with van der Waals surface area (Å²) in [4.78, 5) is 1.37. The van der Waals surface area contributed by atoms with Crippen LogP contribution in [0.3, 0.4) is 0 Å². The van der Waals surface area contributed by atoms with E-state index in [0.717, 1.165) is 29.4 Å². The summed E-state index contributed by atoms with van der Waals surface area (Å²) in [6, 6.07) is 4.64. The second-order valence-corrected chi connectivity index (χ2v) is 5.68. The molecule has 0 fully saturated rings. The Labute approximate surface area is 117 Å². The molecule has 0 spiro atoms. The molecule has 18 heavy (non-hydrogen) atoms. The van der Waals surface area contributed by atoms with Crippen molar-refractivity contribution in [2.75, 3.05) is 0 Å². The van der Waals surface area contributed by atoms with Crippen LogP contribution in [0.25, 0.3) is 0 Å². The summed E-state index contributed by atoms with van der Waals surface area (Å²) in [5.41, 5.74) is 1.93. The molecule has 0 aliphatic heterocycles. The zero-order chi connectivity index (χ0) is 13.1. The maximum Gasteiger partial charge on any atom is 0.0860 e. The lowest BCUT2D eigenvalue weighted by atomic mass is 10.2. The quantitative estimate of drug-likeness (QED) is 0.907. The Kier molecular flexibility index (Phi) is 4.43. The molecule has 0 amide bonds. The van der Waals surface area contributed by atoms with Crippen molar-refractivity contribution in [1.82, 2.24) is 15.1 Å². The molecule has 0 aliphatic carbocycles. The Morgan fingerprint density at radius 3 is 2.83 bits per heavy atom. The predicted octanol–water partition coefficient (Wildman–Crippen LogP) is 3.68. The van der Waals surface area contributed by atoms with Gasteiger partial charge < -0.3 is 5.32 Å². The van der Waals surface area contributed by atoms with Gasteiger partial charge in [0.2, 0.25) is 0 Å². The highest BCUT2D eigenvalue weighted by molar-refractivity contribution is 7.10. The third-order valence-electron chi connectivity index (χ3n) is 3.07. The van der Waals surface area contributed by atoms with Crippen LogP contribution in [0.15, 0.2) is 17.5 Å². The van der Waals surface area contributed by atoms with Crippen LogP contribution in [0, 0.1) is 6.92 Å². The van der Waals surface area contributed by atoms with Gasteiger partial charge in [0, 0.05) is 24.5 Å². The highest BCUT2D eigenvalue weighted by Gasteiger charge is 2.14. The topological polar surface area (TPSA) is 29.9 Å². The fourth-order valence-electron chi connectivity index (χ4n) is 2.03. The van der Waals surface area contributed by atoms with Gasteiger partial charge in [-0.1, -0.05) is 24.6 Å². The first-order valence-corrected chi connectivity index (χ1v) is 7.34. The number of rotatable bonds is 5. The normalized spacial score (nSPS) is 12.9. The van der Waals surface area contributed by atoms with Crippen LogP contribution in [0.4, 0.5) is 0 Å². The number of aromatic nitrogens is 2. The predicted molar refractivity (Wildman–Crippen MR) is 77.1 cm³/mol. The highest BCUT2D eigenvalue weighted by atomic mass is 35.5. The Bertz CT molecular complexity index is 505. The van der Waals surface area contributed by atoms with Crippen LogP contribution < -0.4 is 5.32 Å². The van der Waals surface area contributed by atoms with Gasteiger partial charge >= 0.3 is 0 Å². The van der Waals surface area contributed by atoms with E-state index < -0.39 is 0 Å². The summed E-state index contributed by atoms with van der Waals surface area (Å²) in [6.07, 6.45) is 1.06. The zero-order valence-corrected chi connectivity index (χ0v) is 12.5. The standard InChI is InChI=1S/C13H18ClN3S/c1-4-10(12-6-5-7-18-12)15-8-11-13(14)9(2)16-17(11)3/h5-7,10,15H,4,8H2,1-3H3. The molecule has 2 rings (SSSR count). The van der Waals surface area contributed by atoms with E-state index in [9.17, 15) is 0 Å². The van der Waals surface area contributed by atoms with Crippen molar-refractivity contribution in [3.05, 3.63) is 38.8 Å². The van der Waals surface area contributed by atoms with Crippen LogP contribution in [0.1, 0.15) is 35.7 Å². The first-order chi connectivity index (χ1) is 8.63. The number of hydrogen-bond donors (Lipinski definition) is 1. The van der Waals surface area contributed by atoms with Crippen LogP contribution in [-0.2, 0) is 13.6 Å². The Balaban J connectivity index is 2.06. The van der Waals surface area contributed by atoms with Gasteiger partial charge in [-0.15, -0.1) is 11.3 Å². The van der Waals surface area contributed by atoms with Crippen molar-refractivity contribution in [2.24, 2.45) is 7.05 Å². The summed E-state index contributed by atoms with van der Waals surface area (Å²) in [7, 11) is 1.93. The van der Waals surface area contributed by atoms with E-state index >= 15 is 0 Å². The number of halogens is 1. The van der Waals surface area contributed by atoms with E-state index in [1.54, 1.807) is 11.3 Å². The van der Waals surface area contributed by atoms with Gasteiger partial charge in [-0.3, -0.25) is 4.68 Å². The summed E-state index contributed by atoms with van der Waals surface area (Å²) >= 11 is 8.03. The van der Waals surface area contributed by atoms with Crippen molar-refractivity contribution >= 4 is 22.9 Å². The Morgan fingerprint density at radius 1 is 1.56 bits per heavy atom. The average Bonchev–Trinajstić information content (AvgIpc) is 2.94. The molecule has 1 unspecified atom stereocenters. The molecule has 0 aromatic carbocycles. The van der Waals surface area contributed by atoms with E-state index in [-0.39, 0.29) is 0 Å². The molecule has 5 heteroatoms. The average molecular weight is 284 g/mol. The molecule has 1 atom stereocenters. The number of nitrogens with one attached hydrogen (secondary N) is 1. The SMILES string of the molecule is CCC(NCc1c(Cl)c(C)nn1C)c1cccs1. The van der Waals surface area contributed by atoms with Gasteiger partial charge in [0.15, 0.2) is 0 Å². The van der Waals surface area contributed by atoms with Crippen LogP contribution in [0.2, 0.25) is 5.02 Å². The molecule has 1 N–H and O–H groups in total. The molecule has 0 bridgehead atoms. The number of aryl methyl sites for hydroxylation is 2. The molecule has 2 aromatic rings. The molecule has 0 saturated carbocycles. The van der Waals surface area contributed by atoms with Crippen molar-refractivity contribution in [1.29, 1.82) is 0 Å². The lowest BCUT2D eigenvalue weighted by molar-refractivity contribution is 0.509. The van der Waals surface area contributed by atoms with Gasteiger partial charge in [-0.2, -0.15) is 5.10 Å². The number of hydrogen-bond acceptors (Lipinski definition) is 3. The van der Waals surface area contributed by atoms with Gasteiger partial charge in [0.05, 0.1) is 16.4 Å². The van der Waals surface area contributed by atoms with Crippen molar-refractivity contribution in [2.45, 2.75) is 32.9 Å². The van der Waals surface area contributed by atoms with E-state index in [4.69, 9.17) is 11.6 Å². The molecule has 2 aromatic heterocycles. The van der Waals surface area contributed by atoms with E-state index in [1.165, 1.54) is 4.88 Å². The van der Waals surface area contributed by atoms with Crippen molar-refractivity contribution in [3.63, 3.8) is 0 Å². The third kappa shape index (κ3) is 2.76. The first kappa shape index (κ1) is 13.6. The molecular weight excluding hydrogens is 266 g/mol. The van der Waals surface area contributed by atoms with Gasteiger partial charge in [-0.05, 0) is 24.8 Å². The second kappa shape index (κ2) is 5.87. The molecule has 0 aliphatic rings.